The van der Waals surface area contributed by atoms with E-state index in [9.17, 15) is 33.9 Å². The highest BCUT2D eigenvalue weighted by atomic mass is 33.1. The third-order valence-electron chi connectivity index (χ3n) is 7.33. The molecule has 46 heavy (non-hydrogen) atoms. The predicted molar refractivity (Wildman–Crippen MR) is 177 cm³/mol. The highest BCUT2D eigenvalue weighted by Crippen LogP contribution is 2.46. The van der Waals surface area contributed by atoms with Crippen LogP contribution < -0.4 is 32.7 Å². The van der Waals surface area contributed by atoms with Gasteiger partial charge in [-0.15, -0.1) is 0 Å². The molecule has 1 aliphatic rings. The number of nitrogens with one attached hydrogen (secondary N) is 4. The number of carboxylic acid groups (broad SMARTS) is 1. The number of aliphatic carboxylic acids is 1. The van der Waals surface area contributed by atoms with Crippen molar-refractivity contribution in [2.75, 3.05) is 6.54 Å². The molecule has 0 saturated carbocycles. The number of carboxylic acids is 1. The number of carbonyl (C=O) groups is 6. The molecule has 0 radical (unpaired) electrons. The van der Waals surface area contributed by atoms with Crippen LogP contribution in [0.3, 0.4) is 0 Å². The zero-order valence-electron chi connectivity index (χ0n) is 26.0. The summed E-state index contributed by atoms with van der Waals surface area (Å²) in [6, 6.07) is 10.4. The summed E-state index contributed by atoms with van der Waals surface area (Å²) >= 11 is 0. The first-order valence-electron chi connectivity index (χ1n) is 14.5. The molecular formula is C31H40N6O7S2. The van der Waals surface area contributed by atoms with Crippen molar-refractivity contribution in [1.82, 2.24) is 21.3 Å². The van der Waals surface area contributed by atoms with Crippen molar-refractivity contribution in [3.8, 4) is 0 Å². The molecule has 1 saturated heterocycles. The minimum absolute atomic E-state index is 0.0792. The van der Waals surface area contributed by atoms with Crippen LogP contribution in [0.2, 0.25) is 0 Å². The van der Waals surface area contributed by atoms with Gasteiger partial charge in [-0.1, -0.05) is 64.1 Å². The maximum Gasteiger partial charge on any atom is 0.327 e. The zero-order valence-corrected chi connectivity index (χ0v) is 27.6. The normalized spacial score (nSPS) is 22.6. The summed E-state index contributed by atoms with van der Waals surface area (Å²) in [5, 5.41) is 20.6. The zero-order chi connectivity index (χ0) is 34.2. The molecule has 4 atom stereocenters. The minimum Gasteiger partial charge on any atom is -0.480 e. The first-order chi connectivity index (χ1) is 21.5. The van der Waals surface area contributed by atoms with Crippen LogP contribution in [0.1, 0.15) is 49.2 Å². The summed E-state index contributed by atoms with van der Waals surface area (Å²) in [5.41, 5.74) is 13.2. The molecule has 9 N–H and O–H groups in total. The lowest BCUT2D eigenvalue weighted by Gasteiger charge is -2.38. The van der Waals surface area contributed by atoms with E-state index in [2.05, 4.69) is 21.3 Å². The van der Waals surface area contributed by atoms with Gasteiger partial charge in [0.25, 0.3) is 0 Å². The monoisotopic (exact) mass is 672 g/mol. The van der Waals surface area contributed by atoms with E-state index in [1.807, 2.05) is 0 Å². The van der Waals surface area contributed by atoms with Gasteiger partial charge in [0.2, 0.25) is 29.5 Å². The van der Waals surface area contributed by atoms with E-state index in [4.69, 9.17) is 11.5 Å². The van der Waals surface area contributed by atoms with E-state index in [0.717, 1.165) is 27.2 Å². The standard InChI is InChI=1S/C31H40N6O7S2/c1-30(2)23(36-26(40)20(32)14-18-10-12-19(13-11-18)25(33)39)28(42)34-16-22(38)35-21(15-17-8-6-5-7-9-17)27(41)37-24(29(43)44)31(3,4)46-45-30/h5-13,20-21,23-24H,14-16,32H2,1-4H3,(H2,33,39)(H,34,42)(H,35,38)(H,36,40)(H,37,41)(H,43,44)/t20-,21-,23-,24-/m0/s1. The maximum absolute atomic E-state index is 13.5. The van der Waals surface area contributed by atoms with Gasteiger partial charge in [0.15, 0.2) is 0 Å². The van der Waals surface area contributed by atoms with Crippen molar-refractivity contribution in [2.24, 2.45) is 11.5 Å². The highest BCUT2D eigenvalue weighted by molar-refractivity contribution is 8.77. The smallest absolute Gasteiger partial charge is 0.327 e. The van der Waals surface area contributed by atoms with Crippen LogP contribution in [0.15, 0.2) is 54.6 Å². The Hall–Kier alpha value is -4.08. The molecular weight excluding hydrogens is 633 g/mol. The Bertz CT molecular complexity index is 1450. The number of hydrogen-bond acceptors (Lipinski definition) is 9. The van der Waals surface area contributed by atoms with E-state index in [0.29, 0.717) is 11.1 Å². The second-order valence-electron chi connectivity index (χ2n) is 12.0. The van der Waals surface area contributed by atoms with E-state index >= 15 is 0 Å². The fourth-order valence-electron chi connectivity index (χ4n) is 4.62. The number of primary amides is 1. The first kappa shape index (κ1) is 36.4. The van der Waals surface area contributed by atoms with Crippen molar-refractivity contribution in [3.05, 3.63) is 71.3 Å². The SMILES string of the molecule is CC1(C)SSC(C)(C)[C@@H](NC(=O)[C@@H](N)Cc2ccc(C(N)=O)cc2)C(=O)NCC(=O)N[C@@H](Cc2ccccc2)C(=O)N[C@H]1C(=O)O. The lowest BCUT2D eigenvalue weighted by atomic mass is 10.00. The molecule has 3 rings (SSSR count). The molecule has 0 unspecified atom stereocenters. The van der Waals surface area contributed by atoms with Gasteiger partial charge >= 0.3 is 5.97 Å². The Morgan fingerprint density at radius 2 is 1.52 bits per heavy atom. The number of rotatable bonds is 8. The molecule has 0 bridgehead atoms. The van der Waals surface area contributed by atoms with Gasteiger partial charge in [-0.2, -0.15) is 0 Å². The van der Waals surface area contributed by atoms with Crippen LogP contribution in [0.4, 0.5) is 0 Å². The lowest BCUT2D eigenvalue weighted by molar-refractivity contribution is -0.143. The second-order valence-corrected chi connectivity index (χ2v) is 15.4. The summed E-state index contributed by atoms with van der Waals surface area (Å²) in [5.74, 6) is -4.55. The third kappa shape index (κ3) is 9.96. The number of hydrogen-bond donors (Lipinski definition) is 7. The van der Waals surface area contributed by atoms with Gasteiger partial charge in [-0.25, -0.2) is 4.79 Å². The number of benzene rings is 2. The van der Waals surface area contributed by atoms with Crippen molar-refractivity contribution in [2.45, 2.75) is 74.2 Å². The topological polar surface area (TPSA) is 223 Å². The number of amides is 5. The molecule has 5 amide bonds. The Morgan fingerprint density at radius 1 is 0.913 bits per heavy atom. The Labute approximate surface area is 275 Å². The molecule has 15 heteroatoms. The molecule has 2 aromatic rings. The van der Waals surface area contributed by atoms with Crippen molar-refractivity contribution in [3.63, 3.8) is 0 Å². The molecule has 0 spiro atoms. The second kappa shape index (κ2) is 15.5. The van der Waals surface area contributed by atoms with Crippen LogP contribution in [0.25, 0.3) is 0 Å². The van der Waals surface area contributed by atoms with Gasteiger partial charge < -0.3 is 37.8 Å². The maximum atomic E-state index is 13.5. The largest absolute Gasteiger partial charge is 0.480 e. The van der Waals surface area contributed by atoms with Crippen LogP contribution >= 0.6 is 21.6 Å². The van der Waals surface area contributed by atoms with Crippen LogP contribution in [-0.4, -0.2) is 80.8 Å². The fourth-order valence-corrected chi connectivity index (χ4v) is 7.43. The van der Waals surface area contributed by atoms with Gasteiger partial charge in [0, 0.05) is 16.7 Å². The van der Waals surface area contributed by atoms with E-state index in [-0.39, 0.29) is 12.8 Å². The highest BCUT2D eigenvalue weighted by Gasteiger charge is 2.44. The molecule has 248 valence electrons. The van der Waals surface area contributed by atoms with Crippen molar-refractivity contribution in [1.29, 1.82) is 0 Å². The first-order valence-corrected chi connectivity index (χ1v) is 16.6. The predicted octanol–water partition coefficient (Wildman–Crippen LogP) is 0.505. The molecule has 1 heterocycles. The minimum atomic E-state index is -1.37. The van der Waals surface area contributed by atoms with Gasteiger partial charge in [0.05, 0.1) is 17.3 Å². The Kier molecular flexibility index (Phi) is 12.2. The number of nitrogens with two attached hydrogens (primary N) is 2. The summed E-state index contributed by atoms with van der Waals surface area (Å²) in [6.45, 7) is 6.15. The average molecular weight is 673 g/mol. The fraction of sp³-hybridized carbons (Fsp3) is 0.419. The molecule has 0 aromatic heterocycles. The lowest BCUT2D eigenvalue weighted by Crippen LogP contribution is -2.61. The molecule has 2 aromatic carbocycles. The van der Waals surface area contributed by atoms with E-state index in [1.165, 1.54) is 12.1 Å². The van der Waals surface area contributed by atoms with E-state index < -0.39 is 75.7 Å². The van der Waals surface area contributed by atoms with E-state index in [1.54, 1.807) is 70.2 Å². The summed E-state index contributed by atoms with van der Waals surface area (Å²) < 4.78 is -2.18. The number of carbonyl (C=O) groups excluding carboxylic acids is 5. The summed E-state index contributed by atoms with van der Waals surface area (Å²) in [6.07, 6.45) is 0.176. The van der Waals surface area contributed by atoms with Crippen molar-refractivity contribution >= 4 is 57.1 Å². The average Bonchev–Trinajstić information content (AvgIpc) is 2.99. The van der Waals surface area contributed by atoms with Gasteiger partial charge in [0.1, 0.15) is 18.1 Å². The Morgan fingerprint density at radius 3 is 2.11 bits per heavy atom. The van der Waals surface area contributed by atoms with Crippen LogP contribution in [0.5, 0.6) is 0 Å². The van der Waals surface area contributed by atoms with Gasteiger partial charge in [-0.3, -0.25) is 24.0 Å². The van der Waals surface area contributed by atoms with Crippen molar-refractivity contribution < 1.29 is 33.9 Å². The van der Waals surface area contributed by atoms with Gasteiger partial charge in [-0.05, 0) is 57.4 Å². The third-order valence-corrected chi connectivity index (χ3v) is 11.6. The summed E-state index contributed by atoms with van der Waals surface area (Å²) in [7, 11) is 2.29. The molecule has 1 aliphatic heterocycles. The molecule has 1 fully saturated rings. The molecule has 0 aliphatic carbocycles. The Balaban J connectivity index is 1.87. The van der Waals surface area contributed by atoms with Crippen LogP contribution in [-0.2, 0) is 36.8 Å². The summed E-state index contributed by atoms with van der Waals surface area (Å²) in [4.78, 5) is 76.9. The quantitative estimate of drug-likeness (QED) is 0.192. The molecule has 13 nitrogen and oxygen atoms in total. The van der Waals surface area contributed by atoms with Crippen LogP contribution in [0, 0.1) is 0 Å².